The number of fused-ring (bicyclic) bond motifs is 1. The number of hydrogen-bond donors (Lipinski definition) is 0. The smallest absolute Gasteiger partial charge is 0.308 e. The summed E-state index contributed by atoms with van der Waals surface area (Å²) in [6.07, 6.45) is 3.05. The maximum Gasteiger partial charge on any atom is 0.308 e. The number of carbonyl (C=O) groups is 1. The standard InChI is InChI=1S/C17H22O5S/c1-21-16(18)11-15-17(13-9-5-6-10-14(13)22-15)23(19,20)12-7-3-2-4-8-12/h2-4,7-8,13-15,17H,5-6,9-11H2,1H3/t13-,14-,15+,17+/m0/s1. The molecule has 3 rings (SSSR count). The van der Waals surface area contributed by atoms with Gasteiger partial charge in [0.15, 0.2) is 9.84 Å². The number of hydrogen-bond acceptors (Lipinski definition) is 5. The molecule has 0 amide bonds. The lowest BCUT2D eigenvalue weighted by Gasteiger charge is -2.27. The van der Waals surface area contributed by atoms with Gasteiger partial charge in [0.05, 0.1) is 35.9 Å². The largest absolute Gasteiger partial charge is 0.469 e. The van der Waals surface area contributed by atoms with E-state index in [4.69, 9.17) is 9.47 Å². The van der Waals surface area contributed by atoms with E-state index in [1.54, 1.807) is 30.3 Å². The van der Waals surface area contributed by atoms with Crippen molar-refractivity contribution in [2.45, 2.75) is 54.5 Å². The van der Waals surface area contributed by atoms with Crippen molar-refractivity contribution in [3.8, 4) is 0 Å². The van der Waals surface area contributed by atoms with Gasteiger partial charge >= 0.3 is 5.97 Å². The van der Waals surface area contributed by atoms with Crippen LogP contribution in [-0.4, -0.2) is 39.0 Å². The summed E-state index contributed by atoms with van der Waals surface area (Å²) in [4.78, 5) is 12.0. The average Bonchev–Trinajstić information content (AvgIpc) is 2.94. The Morgan fingerprint density at radius 3 is 2.61 bits per heavy atom. The van der Waals surface area contributed by atoms with Gasteiger partial charge in [-0.15, -0.1) is 0 Å². The molecule has 0 aromatic heterocycles. The molecule has 2 fully saturated rings. The van der Waals surface area contributed by atoms with Crippen molar-refractivity contribution in [2.24, 2.45) is 5.92 Å². The van der Waals surface area contributed by atoms with Crippen LogP contribution in [-0.2, 0) is 24.1 Å². The van der Waals surface area contributed by atoms with Gasteiger partial charge in [0, 0.05) is 5.92 Å². The quantitative estimate of drug-likeness (QED) is 0.788. The van der Waals surface area contributed by atoms with Crippen LogP contribution < -0.4 is 0 Å². The second kappa shape index (κ2) is 6.61. The van der Waals surface area contributed by atoms with Crippen molar-refractivity contribution in [1.29, 1.82) is 0 Å². The number of esters is 1. The Bertz CT molecular complexity index is 655. The van der Waals surface area contributed by atoms with E-state index >= 15 is 0 Å². The van der Waals surface area contributed by atoms with E-state index in [9.17, 15) is 13.2 Å². The highest BCUT2D eigenvalue weighted by atomic mass is 32.2. The molecule has 0 spiro atoms. The molecule has 1 aromatic rings. The predicted octanol–water partition coefficient (Wildman–Crippen LogP) is 2.35. The lowest BCUT2D eigenvalue weighted by molar-refractivity contribution is -0.143. The Kier molecular flexibility index (Phi) is 4.73. The summed E-state index contributed by atoms with van der Waals surface area (Å²) in [6.45, 7) is 0. The fourth-order valence-corrected chi connectivity index (χ4v) is 6.04. The minimum absolute atomic E-state index is 0.0137. The summed E-state index contributed by atoms with van der Waals surface area (Å²) in [5.74, 6) is -0.467. The maximum atomic E-state index is 13.1. The van der Waals surface area contributed by atoms with Gasteiger partial charge in [0.1, 0.15) is 0 Å². The number of ether oxygens (including phenoxy) is 2. The van der Waals surface area contributed by atoms with E-state index in [1.807, 2.05) is 0 Å². The van der Waals surface area contributed by atoms with Crippen LogP contribution in [0.1, 0.15) is 32.1 Å². The highest BCUT2D eigenvalue weighted by Crippen LogP contribution is 2.43. The maximum absolute atomic E-state index is 13.1. The van der Waals surface area contributed by atoms with E-state index in [-0.39, 0.29) is 18.4 Å². The summed E-state index contributed by atoms with van der Waals surface area (Å²) in [6, 6.07) is 8.45. The zero-order chi connectivity index (χ0) is 16.4. The second-order valence-corrected chi connectivity index (χ2v) is 8.37. The highest BCUT2D eigenvalue weighted by Gasteiger charge is 2.52. The molecule has 6 heteroatoms. The first-order chi connectivity index (χ1) is 11.0. The molecule has 1 saturated heterocycles. The summed E-state index contributed by atoms with van der Waals surface area (Å²) in [7, 11) is -2.23. The first-order valence-electron chi connectivity index (χ1n) is 8.05. The van der Waals surface area contributed by atoms with Crippen LogP contribution in [0.25, 0.3) is 0 Å². The van der Waals surface area contributed by atoms with Crippen molar-refractivity contribution in [3.63, 3.8) is 0 Å². The molecule has 0 unspecified atom stereocenters. The van der Waals surface area contributed by atoms with Gasteiger partial charge < -0.3 is 9.47 Å². The van der Waals surface area contributed by atoms with E-state index in [2.05, 4.69) is 0 Å². The molecule has 126 valence electrons. The molecule has 1 aliphatic carbocycles. The average molecular weight is 338 g/mol. The first kappa shape index (κ1) is 16.5. The second-order valence-electron chi connectivity index (χ2n) is 6.26. The highest BCUT2D eigenvalue weighted by molar-refractivity contribution is 7.92. The van der Waals surface area contributed by atoms with Gasteiger partial charge in [-0.3, -0.25) is 4.79 Å². The summed E-state index contributed by atoms with van der Waals surface area (Å²) >= 11 is 0. The van der Waals surface area contributed by atoms with Crippen molar-refractivity contribution in [1.82, 2.24) is 0 Å². The summed E-state index contributed by atoms with van der Waals surface area (Å²) < 4.78 is 37.0. The van der Waals surface area contributed by atoms with Crippen molar-refractivity contribution in [2.75, 3.05) is 7.11 Å². The number of rotatable bonds is 4. The Balaban J connectivity index is 1.95. The third-order valence-corrected chi connectivity index (χ3v) is 7.22. The molecule has 0 N–H and O–H groups in total. The van der Waals surface area contributed by atoms with Crippen LogP contribution in [0.2, 0.25) is 0 Å². The SMILES string of the molecule is COC(=O)C[C@H]1O[C@H]2CCCC[C@@H]2[C@H]1S(=O)(=O)c1ccccc1. The van der Waals surface area contributed by atoms with E-state index < -0.39 is 27.2 Å². The molecule has 1 aromatic carbocycles. The van der Waals surface area contributed by atoms with E-state index in [0.29, 0.717) is 4.90 Å². The molecule has 1 heterocycles. The number of benzene rings is 1. The van der Waals surface area contributed by atoms with Crippen LogP contribution in [0, 0.1) is 5.92 Å². The molecular weight excluding hydrogens is 316 g/mol. The lowest BCUT2D eigenvalue weighted by Crippen LogP contribution is -2.38. The topological polar surface area (TPSA) is 69.7 Å². The molecular formula is C17H22O5S. The molecule has 5 nitrogen and oxygen atoms in total. The summed E-state index contributed by atoms with van der Waals surface area (Å²) in [5, 5.41) is -0.672. The molecule has 23 heavy (non-hydrogen) atoms. The first-order valence-corrected chi connectivity index (χ1v) is 9.60. The van der Waals surface area contributed by atoms with Gasteiger partial charge in [0.2, 0.25) is 0 Å². The van der Waals surface area contributed by atoms with Crippen LogP contribution >= 0.6 is 0 Å². The lowest BCUT2D eigenvalue weighted by atomic mass is 9.85. The van der Waals surface area contributed by atoms with Gasteiger partial charge in [-0.2, -0.15) is 0 Å². The fraction of sp³-hybridized carbons (Fsp3) is 0.588. The van der Waals surface area contributed by atoms with Crippen molar-refractivity contribution >= 4 is 15.8 Å². The van der Waals surface area contributed by atoms with E-state index in [1.165, 1.54) is 7.11 Å². The molecule has 0 radical (unpaired) electrons. The third kappa shape index (κ3) is 3.15. The van der Waals surface area contributed by atoms with Crippen LogP contribution in [0.15, 0.2) is 35.2 Å². The van der Waals surface area contributed by atoms with E-state index in [0.717, 1.165) is 25.7 Å². The fourth-order valence-electron chi connectivity index (χ4n) is 3.86. The number of sulfone groups is 1. The molecule has 1 aliphatic heterocycles. The normalized spacial score (nSPS) is 30.7. The summed E-state index contributed by atoms with van der Waals surface area (Å²) in [5.41, 5.74) is 0. The minimum atomic E-state index is -3.54. The Morgan fingerprint density at radius 2 is 1.91 bits per heavy atom. The number of methoxy groups -OCH3 is 1. The minimum Gasteiger partial charge on any atom is -0.469 e. The molecule has 2 aliphatic rings. The van der Waals surface area contributed by atoms with Gasteiger partial charge in [-0.1, -0.05) is 31.0 Å². The zero-order valence-corrected chi connectivity index (χ0v) is 14.0. The van der Waals surface area contributed by atoms with Gasteiger partial charge in [-0.05, 0) is 25.0 Å². The van der Waals surface area contributed by atoms with Crippen LogP contribution in [0.5, 0.6) is 0 Å². The monoisotopic (exact) mass is 338 g/mol. The number of carbonyl (C=O) groups excluding carboxylic acids is 1. The van der Waals surface area contributed by atoms with Crippen molar-refractivity contribution < 1.29 is 22.7 Å². The molecule has 0 bridgehead atoms. The predicted molar refractivity (Wildman–Crippen MR) is 84.7 cm³/mol. The van der Waals surface area contributed by atoms with Crippen molar-refractivity contribution in [3.05, 3.63) is 30.3 Å². The Hall–Kier alpha value is -1.40. The Labute approximate surface area is 136 Å². The molecule has 1 saturated carbocycles. The van der Waals surface area contributed by atoms with Crippen LogP contribution in [0.3, 0.4) is 0 Å². The van der Waals surface area contributed by atoms with Gasteiger partial charge in [0.25, 0.3) is 0 Å². The Morgan fingerprint density at radius 1 is 1.22 bits per heavy atom. The van der Waals surface area contributed by atoms with Crippen LogP contribution in [0.4, 0.5) is 0 Å². The third-order valence-electron chi connectivity index (χ3n) is 4.92. The zero-order valence-electron chi connectivity index (χ0n) is 13.2. The molecule has 4 atom stereocenters. The van der Waals surface area contributed by atoms with Gasteiger partial charge in [-0.25, -0.2) is 8.42 Å².